The third-order valence-corrected chi connectivity index (χ3v) is 3.15. The molecule has 1 N–H and O–H groups in total. The minimum Gasteiger partial charge on any atom is -0.396 e. The van der Waals surface area contributed by atoms with E-state index in [0.29, 0.717) is 6.61 Å². The van der Waals surface area contributed by atoms with E-state index >= 15 is 0 Å². The predicted molar refractivity (Wildman–Crippen MR) is 66.0 cm³/mol. The van der Waals surface area contributed by atoms with Gasteiger partial charge in [-0.1, -0.05) is 20.3 Å². The first-order valence-corrected chi connectivity index (χ1v) is 6.75. The van der Waals surface area contributed by atoms with Crippen LogP contribution in [0.5, 0.6) is 0 Å². The van der Waals surface area contributed by atoms with Gasteiger partial charge in [0, 0.05) is 30.9 Å². The Morgan fingerprint density at radius 2 is 2.07 bits per heavy atom. The van der Waals surface area contributed by atoms with Crippen LogP contribution < -0.4 is 0 Å². The van der Waals surface area contributed by atoms with Crippen molar-refractivity contribution in [2.24, 2.45) is 5.41 Å². The van der Waals surface area contributed by atoms with Crippen LogP contribution in [0.4, 0.5) is 0 Å². The highest BCUT2D eigenvalue weighted by Crippen LogP contribution is 2.23. The van der Waals surface area contributed by atoms with Crippen molar-refractivity contribution < 1.29 is 5.11 Å². The molecular weight excluding hydrogens is 194 g/mol. The molecule has 3 heteroatoms. The van der Waals surface area contributed by atoms with E-state index in [2.05, 4.69) is 32.1 Å². The second-order valence-corrected chi connectivity index (χ2v) is 5.43. The Bertz CT molecular complexity index is 143. The lowest BCUT2D eigenvalue weighted by Gasteiger charge is -2.31. The van der Waals surface area contributed by atoms with Crippen molar-refractivity contribution in [3.05, 3.63) is 0 Å². The fourth-order valence-electron chi connectivity index (χ4n) is 1.79. The van der Waals surface area contributed by atoms with E-state index in [1.807, 2.05) is 11.8 Å². The average molecular weight is 219 g/mol. The number of rotatable bonds is 8. The van der Waals surface area contributed by atoms with Crippen LogP contribution >= 0.6 is 11.8 Å². The predicted octanol–water partition coefficient (Wildman–Crippen LogP) is 2.08. The summed E-state index contributed by atoms with van der Waals surface area (Å²) in [6.07, 6.45) is 4.38. The second-order valence-electron chi connectivity index (χ2n) is 4.45. The fraction of sp³-hybridized carbons (Fsp3) is 1.00. The summed E-state index contributed by atoms with van der Waals surface area (Å²) in [5.74, 6) is 1.17. The van der Waals surface area contributed by atoms with Crippen molar-refractivity contribution in [1.82, 2.24) is 4.90 Å². The molecule has 0 amide bonds. The third kappa shape index (κ3) is 5.89. The summed E-state index contributed by atoms with van der Waals surface area (Å²) in [5, 5.41) is 9.36. The zero-order chi connectivity index (χ0) is 11.0. The number of nitrogens with zero attached hydrogens (tertiary/aromatic N) is 1. The molecule has 0 fully saturated rings. The van der Waals surface area contributed by atoms with Gasteiger partial charge in [0.1, 0.15) is 0 Å². The monoisotopic (exact) mass is 219 g/mol. The summed E-state index contributed by atoms with van der Waals surface area (Å²) in [6.45, 7) is 6.75. The molecule has 1 atom stereocenters. The van der Waals surface area contributed by atoms with E-state index in [4.69, 9.17) is 0 Å². The van der Waals surface area contributed by atoms with Crippen LogP contribution in [0.3, 0.4) is 0 Å². The van der Waals surface area contributed by atoms with Crippen molar-refractivity contribution in [1.29, 1.82) is 0 Å². The van der Waals surface area contributed by atoms with E-state index in [1.165, 1.54) is 5.75 Å². The van der Waals surface area contributed by atoms with E-state index in [-0.39, 0.29) is 5.41 Å². The van der Waals surface area contributed by atoms with E-state index in [1.54, 1.807) is 0 Å². The van der Waals surface area contributed by atoms with Crippen LogP contribution in [0.2, 0.25) is 0 Å². The molecule has 0 aliphatic heterocycles. The van der Waals surface area contributed by atoms with E-state index in [9.17, 15) is 5.11 Å². The quantitative estimate of drug-likeness (QED) is 0.676. The van der Waals surface area contributed by atoms with Crippen molar-refractivity contribution in [2.75, 3.05) is 38.8 Å². The molecule has 14 heavy (non-hydrogen) atoms. The Labute approximate surface area is 93.1 Å². The van der Waals surface area contributed by atoms with Gasteiger partial charge in [0.2, 0.25) is 0 Å². The van der Waals surface area contributed by atoms with E-state index in [0.717, 1.165) is 25.9 Å². The molecule has 86 valence electrons. The highest BCUT2D eigenvalue weighted by atomic mass is 32.2. The normalized spacial score (nSPS) is 15.9. The fourth-order valence-corrected chi connectivity index (χ4v) is 2.28. The van der Waals surface area contributed by atoms with Crippen molar-refractivity contribution in [2.45, 2.75) is 26.7 Å². The summed E-state index contributed by atoms with van der Waals surface area (Å²) < 4.78 is 0. The Kier molecular flexibility index (Phi) is 7.69. The Morgan fingerprint density at radius 1 is 1.43 bits per heavy atom. The van der Waals surface area contributed by atoms with Crippen LogP contribution in [0.15, 0.2) is 0 Å². The van der Waals surface area contributed by atoms with Crippen molar-refractivity contribution in [3.8, 4) is 0 Å². The molecule has 0 aromatic heterocycles. The van der Waals surface area contributed by atoms with Gasteiger partial charge in [0.15, 0.2) is 0 Å². The van der Waals surface area contributed by atoms with Gasteiger partial charge in [-0.3, -0.25) is 0 Å². The maximum absolute atomic E-state index is 9.36. The Morgan fingerprint density at radius 3 is 2.50 bits per heavy atom. The maximum Gasteiger partial charge on any atom is 0.0497 e. The SMILES string of the molecule is CCCC(C)(CO)CN(C)CCSC. The summed E-state index contributed by atoms with van der Waals surface area (Å²) in [5.41, 5.74) is 0.0852. The van der Waals surface area contributed by atoms with Gasteiger partial charge in [0.05, 0.1) is 0 Å². The van der Waals surface area contributed by atoms with Gasteiger partial charge in [-0.25, -0.2) is 0 Å². The van der Waals surface area contributed by atoms with Gasteiger partial charge < -0.3 is 10.0 Å². The third-order valence-electron chi connectivity index (χ3n) is 2.56. The minimum atomic E-state index is 0.0852. The smallest absolute Gasteiger partial charge is 0.0497 e. The highest BCUT2D eigenvalue weighted by molar-refractivity contribution is 7.98. The molecule has 0 heterocycles. The van der Waals surface area contributed by atoms with Crippen LogP contribution in [0.25, 0.3) is 0 Å². The van der Waals surface area contributed by atoms with Crippen LogP contribution in [-0.2, 0) is 0 Å². The molecule has 0 rings (SSSR count). The zero-order valence-corrected chi connectivity index (χ0v) is 10.9. The first kappa shape index (κ1) is 14.3. The largest absolute Gasteiger partial charge is 0.396 e. The minimum absolute atomic E-state index is 0.0852. The van der Waals surface area contributed by atoms with E-state index < -0.39 is 0 Å². The molecule has 0 saturated carbocycles. The topological polar surface area (TPSA) is 23.5 Å². The van der Waals surface area contributed by atoms with Gasteiger partial charge in [-0.2, -0.15) is 11.8 Å². The summed E-state index contributed by atoms with van der Waals surface area (Å²) in [4.78, 5) is 2.32. The molecule has 0 bridgehead atoms. The first-order valence-electron chi connectivity index (χ1n) is 5.36. The standard InChI is InChI=1S/C11H25NOS/c1-5-6-11(2,10-13)9-12(3)7-8-14-4/h13H,5-10H2,1-4H3. The molecular formula is C11H25NOS. The molecule has 1 unspecified atom stereocenters. The highest BCUT2D eigenvalue weighted by Gasteiger charge is 2.23. The Hall–Kier alpha value is 0.270. The average Bonchev–Trinajstić information content (AvgIpc) is 2.15. The summed E-state index contributed by atoms with van der Waals surface area (Å²) >= 11 is 1.87. The number of hydrogen-bond donors (Lipinski definition) is 1. The summed E-state index contributed by atoms with van der Waals surface area (Å²) in [6, 6.07) is 0. The van der Waals surface area contributed by atoms with Gasteiger partial charge in [-0.15, -0.1) is 0 Å². The molecule has 2 nitrogen and oxygen atoms in total. The lowest BCUT2D eigenvalue weighted by atomic mass is 9.86. The van der Waals surface area contributed by atoms with Gasteiger partial charge in [0.25, 0.3) is 0 Å². The zero-order valence-electron chi connectivity index (χ0n) is 10.0. The number of thioether (sulfide) groups is 1. The van der Waals surface area contributed by atoms with Crippen LogP contribution in [0.1, 0.15) is 26.7 Å². The van der Waals surface area contributed by atoms with Crippen LogP contribution in [0, 0.1) is 5.41 Å². The number of hydrogen-bond acceptors (Lipinski definition) is 3. The summed E-state index contributed by atoms with van der Waals surface area (Å²) in [7, 11) is 2.14. The molecule has 0 spiro atoms. The van der Waals surface area contributed by atoms with Crippen molar-refractivity contribution in [3.63, 3.8) is 0 Å². The number of aliphatic hydroxyl groups is 1. The molecule has 0 saturated heterocycles. The molecule has 0 aliphatic rings. The molecule has 0 aliphatic carbocycles. The molecule has 0 aromatic rings. The van der Waals surface area contributed by atoms with Crippen molar-refractivity contribution >= 4 is 11.8 Å². The van der Waals surface area contributed by atoms with Gasteiger partial charge in [-0.05, 0) is 19.7 Å². The first-order chi connectivity index (χ1) is 6.58. The molecule has 0 radical (unpaired) electrons. The second kappa shape index (κ2) is 7.55. The Balaban J connectivity index is 3.89. The number of aliphatic hydroxyl groups excluding tert-OH is 1. The van der Waals surface area contributed by atoms with Gasteiger partial charge >= 0.3 is 0 Å². The molecule has 0 aromatic carbocycles. The lowest BCUT2D eigenvalue weighted by Crippen LogP contribution is -2.37. The lowest BCUT2D eigenvalue weighted by molar-refractivity contribution is 0.0928. The van der Waals surface area contributed by atoms with Crippen LogP contribution in [-0.4, -0.2) is 48.8 Å². The maximum atomic E-state index is 9.36.